The molecule has 12 heavy (non-hydrogen) atoms. The Bertz CT molecular complexity index is 174. The third kappa shape index (κ3) is 1.53. The van der Waals surface area contributed by atoms with E-state index in [1.54, 1.807) is 0 Å². The maximum atomic E-state index is 11.0. The Kier molecular flexibility index (Phi) is 2.18. The summed E-state index contributed by atoms with van der Waals surface area (Å²) in [5, 5.41) is 0. The van der Waals surface area contributed by atoms with Gasteiger partial charge in [0.05, 0.1) is 0 Å². The van der Waals surface area contributed by atoms with Gasteiger partial charge in [0.25, 0.3) is 0 Å². The van der Waals surface area contributed by atoms with Crippen molar-refractivity contribution in [3.05, 3.63) is 0 Å². The second kappa shape index (κ2) is 3.17. The van der Waals surface area contributed by atoms with E-state index in [0.717, 1.165) is 37.9 Å². The molecule has 0 aromatic rings. The van der Waals surface area contributed by atoms with Crippen molar-refractivity contribution in [2.75, 3.05) is 13.1 Å². The van der Waals surface area contributed by atoms with Gasteiger partial charge in [0.15, 0.2) is 0 Å². The topological polar surface area (TPSA) is 20.3 Å². The molecule has 1 saturated carbocycles. The summed E-state index contributed by atoms with van der Waals surface area (Å²) < 4.78 is 0. The molecule has 0 N–H and O–H groups in total. The standard InChI is InChI=1S/C10H17NO/c1-8-6-9(7-8)11-4-2-10(12)3-5-11/h8-9H,2-7H2,1H3. The molecule has 0 atom stereocenters. The summed E-state index contributed by atoms with van der Waals surface area (Å²) in [6.07, 6.45) is 4.30. The summed E-state index contributed by atoms with van der Waals surface area (Å²) in [6, 6.07) is 0.813. The zero-order chi connectivity index (χ0) is 8.55. The van der Waals surface area contributed by atoms with Crippen molar-refractivity contribution < 1.29 is 4.79 Å². The summed E-state index contributed by atoms with van der Waals surface area (Å²) in [4.78, 5) is 13.5. The van der Waals surface area contributed by atoms with E-state index in [1.165, 1.54) is 12.8 Å². The largest absolute Gasteiger partial charge is 0.300 e. The van der Waals surface area contributed by atoms with Crippen LogP contribution in [0.4, 0.5) is 0 Å². The van der Waals surface area contributed by atoms with E-state index >= 15 is 0 Å². The second-order valence-corrected chi connectivity index (χ2v) is 4.31. The minimum Gasteiger partial charge on any atom is -0.300 e. The summed E-state index contributed by atoms with van der Waals surface area (Å²) in [5.41, 5.74) is 0. The number of rotatable bonds is 1. The number of nitrogens with zero attached hydrogens (tertiary/aromatic N) is 1. The number of likely N-dealkylation sites (tertiary alicyclic amines) is 1. The Morgan fingerprint density at radius 3 is 2.33 bits per heavy atom. The van der Waals surface area contributed by atoms with Crippen LogP contribution in [0.15, 0.2) is 0 Å². The minimum atomic E-state index is 0.457. The van der Waals surface area contributed by atoms with E-state index in [-0.39, 0.29) is 0 Å². The molecule has 2 nitrogen and oxygen atoms in total. The van der Waals surface area contributed by atoms with Gasteiger partial charge in [-0.3, -0.25) is 9.69 Å². The highest BCUT2D eigenvalue weighted by atomic mass is 16.1. The Morgan fingerprint density at radius 2 is 1.83 bits per heavy atom. The summed E-state index contributed by atoms with van der Waals surface area (Å²) >= 11 is 0. The Labute approximate surface area is 73.9 Å². The molecule has 0 spiro atoms. The van der Waals surface area contributed by atoms with Crippen molar-refractivity contribution in [2.24, 2.45) is 5.92 Å². The van der Waals surface area contributed by atoms with Crippen LogP contribution in [0.5, 0.6) is 0 Å². The van der Waals surface area contributed by atoms with E-state index in [2.05, 4.69) is 11.8 Å². The van der Waals surface area contributed by atoms with Crippen LogP contribution < -0.4 is 0 Å². The van der Waals surface area contributed by atoms with Crippen LogP contribution in [-0.4, -0.2) is 29.8 Å². The Morgan fingerprint density at radius 1 is 1.25 bits per heavy atom. The zero-order valence-electron chi connectivity index (χ0n) is 7.75. The lowest BCUT2D eigenvalue weighted by Crippen LogP contribution is -2.47. The fourth-order valence-electron chi connectivity index (χ4n) is 2.30. The molecule has 1 heterocycles. The van der Waals surface area contributed by atoms with Gasteiger partial charge >= 0.3 is 0 Å². The first-order valence-electron chi connectivity index (χ1n) is 5.01. The first kappa shape index (κ1) is 8.24. The maximum absolute atomic E-state index is 11.0. The van der Waals surface area contributed by atoms with E-state index in [0.29, 0.717) is 5.78 Å². The number of Topliss-reactive ketones (excluding diaryl/α,β-unsaturated/α-hetero) is 1. The van der Waals surface area contributed by atoms with Gasteiger partial charge in [0.1, 0.15) is 5.78 Å². The SMILES string of the molecule is CC1CC(N2CCC(=O)CC2)C1. The molecule has 0 unspecified atom stereocenters. The molecule has 0 bridgehead atoms. The van der Waals surface area contributed by atoms with Gasteiger partial charge in [-0.1, -0.05) is 6.92 Å². The van der Waals surface area contributed by atoms with Gasteiger partial charge in [0.2, 0.25) is 0 Å². The average molecular weight is 167 g/mol. The third-order valence-corrected chi connectivity index (χ3v) is 3.22. The smallest absolute Gasteiger partial charge is 0.135 e. The van der Waals surface area contributed by atoms with Crippen molar-refractivity contribution in [3.63, 3.8) is 0 Å². The first-order chi connectivity index (χ1) is 5.75. The molecule has 2 aliphatic rings. The normalized spacial score (nSPS) is 37.9. The van der Waals surface area contributed by atoms with Crippen molar-refractivity contribution in [1.29, 1.82) is 0 Å². The number of hydrogen-bond donors (Lipinski definition) is 0. The average Bonchev–Trinajstić information content (AvgIpc) is 2.01. The summed E-state index contributed by atoms with van der Waals surface area (Å²) in [7, 11) is 0. The predicted molar refractivity (Wildman–Crippen MR) is 48.0 cm³/mol. The second-order valence-electron chi connectivity index (χ2n) is 4.31. The molecule has 1 aliphatic heterocycles. The van der Waals surface area contributed by atoms with E-state index in [4.69, 9.17) is 0 Å². The van der Waals surface area contributed by atoms with Crippen molar-refractivity contribution in [1.82, 2.24) is 4.90 Å². The van der Waals surface area contributed by atoms with Gasteiger partial charge in [-0.25, -0.2) is 0 Å². The van der Waals surface area contributed by atoms with Crippen LogP contribution in [0.1, 0.15) is 32.6 Å². The lowest BCUT2D eigenvalue weighted by molar-refractivity contribution is -0.122. The molecule has 1 saturated heterocycles. The molecule has 2 fully saturated rings. The Balaban J connectivity index is 1.79. The number of carbonyl (C=O) groups is 1. The van der Waals surface area contributed by atoms with Crippen LogP contribution in [0, 0.1) is 5.92 Å². The zero-order valence-corrected chi connectivity index (χ0v) is 7.75. The quantitative estimate of drug-likeness (QED) is 0.589. The fraction of sp³-hybridized carbons (Fsp3) is 0.900. The third-order valence-electron chi connectivity index (χ3n) is 3.22. The molecular formula is C10H17NO. The highest BCUT2D eigenvalue weighted by Crippen LogP contribution is 2.32. The number of hydrogen-bond acceptors (Lipinski definition) is 2. The molecule has 0 radical (unpaired) electrons. The first-order valence-corrected chi connectivity index (χ1v) is 5.01. The fourth-order valence-corrected chi connectivity index (χ4v) is 2.30. The monoisotopic (exact) mass is 167 g/mol. The van der Waals surface area contributed by atoms with E-state index < -0.39 is 0 Å². The van der Waals surface area contributed by atoms with Crippen LogP contribution in [0.25, 0.3) is 0 Å². The van der Waals surface area contributed by atoms with E-state index in [1.807, 2.05) is 0 Å². The number of piperidine rings is 1. The predicted octanol–water partition coefficient (Wildman–Crippen LogP) is 1.45. The van der Waals surface area contributed by atoms with Crippen molar-refractivity contribution >= 4 is 5.78 Å². The summed E-state index contributed by atoms with van der Waals surface area (Å²) in [5.74, 6) is 1.38. The van der Waals surface area contributed by atoms with Crippen molar-refractivity contribution in [2.45, 2.75) is 38.6 Å². The molecule has 0 aromatic heterocycles. The molecule has 2 rings (SSSR count). The van der Waals surface area contributed by atoms with Crippen LogP contribution in [-0.2, 0) is 4.79 Å². The highest BCUT2D eigenvalue weighted by Gasteiger charge is 2.32. The maximum Gasteiger partial charge on any atom is 0.135 e. The molecule has 68 valence electrons. The highest BCUT2D eigenvalue weighted by molar-refractivity contribution is 5.79. The van der Waals surface area contributed by atoms with Gasteiger partial charge < -0.3 is 0 Å². The van der Waals surface area contributed by atoms with Gasteiger partial charge in [-0.05, 0) is 18.8 Å². The lowest BCUT2D eigenvalue weighted by Gasteiger charge is -2.43. The number of carbonyl (C=O) groups excluding carboxylic acids is 1. The van der Waals surface area contributed by atoms with Crippen LogP contribution >= 0.6 is 0 Å². The molecular weight excluding hydrogens is 150 g/mol. The number of ketones is 1. The van der Waals surface area contributed by atoms with E-state index in [9.17, 15) is 4.79 Å². The van der Waals surface area contributed by atoms with Gasteiger partial charge in [-0.15, -0.1) is 0 Å². The van der Waals surface area contributed by atoms with Gasteiger partial charge in [-0.2, -0.15) is 0 Å². The summed E-state index contributed by atoms with van der Waals surface area (Å²) in [6.45, 7) is 4.36. The molecule has 2 heteroatoms. The van der Waals surface area contributed by atoms with Crippen molar-refractivity contribution in [3.8, 4) is 0 Å². The lowest BCUT2D eigenvalue weighted by atomic mass is 9.80. The Hall–Kier alpha value is -0.370. The van der Waals surface area contributed by atoms with Gasteiger partial charge in [0, 0.05) is 32.0 Å². The molecule has 0 aromatic carbocycles. The van der Waals surface area contributed by atoms with Crippen LogP contribution in [0.2, 0.25) is 0 Å². The molecule has 1 aliphatic carbocycles. The van der Waals surface area contributed by atoms with Crippen LogP contribution in [0.3, 0.4) is 0 Å². The minimum absolute atomic E-state index is 0.457. The molecule has 0 amide bonds.